The Morgan fingerprint density at radius 1 is 1.08 bits per heavy atom. The number of anilines is 1. The van der Waals surface area contributed by atoms with E-state index in [4.69, 9.17) is 14.4 Å². The minimum Gasteiger partial charge on any atom is -0.418 e. The molecule has 6 nitrogen and oxygen atoms in total. The van der Waals surface area contributed by atoms with E-state index >= 15 is 0 Å². The number of fused-ring (bicyclic) bond motifs is 3. The minimum absolute atomic E-state index is 0.465. The molecule has 0 unspecified atom stereocenters. The fourth-order valence-electron chi connectivity index (χ4n) is 3.65. The van der Waals surface area contributed by atoms with E-state index in [0.29, 0.717) is 17.6 Å². The monoisotopic (exact) mass is 333 g/mol. The van der Waals surface area contributed by atoms with Crippen LogP contribution in [0.2, 0.25) is 0 Å². The van der Waals surface area contributed by atoms with E-state index in [2.05, 4.69) is 10.3 Å². The number of nitrogens with zero attached hydrogens (tertiary/aromatic N) is 4. The van der Waals surface area contributed by atoms with Crippen LogP contribution < -0.4 is 5.32 Å². The average Bonchev–Trinajstić information content (AvgIpc) is 3.36. The number of hydrogen-bond donors (Lipinski definition) is 1. The molecule has 0 aliphatic heterocycles. The van der Waals surface area contributed by atoms with E-state index in [-0.39, 0.29) is 0 Å². The second kappa shape index (κ2) is 5.58. The lowest BCUT2D eigenvalue weighted by Gasteiger charge is -2.12. The standard InChI is InChI=1S/C19H19N5O/c1-24-11-20-14-16(24)15-19(23-17(14)21-13-9-5-6-10-13)25-18(22-15)12-7-3-2-4-8-12/h2-4,7-8,11,13H,5-6,9-10H2,1H3,(H,21,23). The zero-order valence-corrected chi connectivity index (χ0v) is 14.1. The molecule has 1 fully saturated rings. The molecule has 3 heterocycles. The number of hydrogen-bond acceptors (Lipinski definition) is 5. The summed E-state index contributed by atoms with van der Waals surface area (Å²) in [6.45, 7) is 0. The predicted molar refractivity (Wildman–Crippen MR) is 97.4 cm³/mol. The molecule has 1 N–H and O–H groups in total. The first-order valence-corrected chi connectivity index (χ1v) is 8.73. The SMILES string of the molecule is Cn1cnc2c(NC3CCCC3)nc3oc(-c4ccccc4)nc3c21. The van der Waals surface area contributed by atoms with Crippen LogP contribution in [0.3, 0.4) is 0 Å². The van der Waals surface area contributed by atoms with Gasteiger partial charge in [0.15, 0.2) is 11.3 Å². The van der Waals surface area contributed by atoms with Gasteiger partial charge in [-0.1, -0.05) is 31.0 Å². The molecular formula is C19H19N5O. The van der Waals surface area contributed by atoms with Gasteiger partial charge in [-0.3, -0.25) is 0 Å². The van der Waals surface area contributed by atoms with Crippen molar-refractivity contribution in [2.75, 3.05) is 5.32 Å². The normalized spacial score (nSPS) is 15.4. The van der Waals surface area contributed by atoms with Crippen molar-refractivity contribution in [1.29, 1.82) is 0 Å². The number of oxazole rings is 1. The highest BCUT2D eigenvalue weighted by Gasteiger charge is 2.22. The van der Waals surface area contributed by atoms with Gasteiger partial charge >= 0.3 is 0 Å². The van der Waals surface area contributed by atoms with Gasteiger partial charge in [0.2, 0.25) is 5.89 Å². The van der Waals surface area contributed by atoms with E-state index in [1.807, 2.05) is 48.3 Å². The first kappa shape index (κ1) is 14.5. The largest absolute Gasteiger partial charge is 0.418 e. The van der Waals surface area contributed by atoms with Crippen molar-refractivity contribution >= 4 is 28.1 Å². The summed E-state index contributed by atoms with van der Waals surface area (Å²) in [5, 5.41) is 3.56. The molecule has 4 aromatic rings. The fourth-order valence-corrected chi connectivity index (χ4v) is 3.65. The number of aryl methyl sites for hydroxylation is 1. The zero-order valence-electron chi connectivity index (χ0n) is 14.1. The quantitative estimate of drug-likeness (QED) is 0.610. The Labute approximate surface area is 144 Å². The summed E-state index contributed by atoms with van der Waals surface area (Å²) < 4.78 is 7.97. The molecule has 1 aromatic carbocycles. The summed E-state index contributed by atoms with van der Waals surface area (Å²) >= 11 is 0. The molecule has 1 aliphatic carbocycles. The van der Waals surface area contributed by atoms with E-state index in [0.717, 1.165) is 27.9 Å². The lowest BCUT2D eigenvalue weighted by atomic mass is 10.2. The maximum absolute atomic E-state index is 5.99. The van der Waals surface area contributed by atoms with E-state index in [1.54, 1.807) is 0 Å². The highest BCUT2D eigenvalue weighted by Crippen LogP contribution is 2.32. The summed E-state index contributed by atoms with van der Waals surface area (Å²) in [5.74, 6) is 1.38. The molecule has 126 valence electrons. The van der Waals surface area contributed by atoms with E-state index in [1.165, 1.54) is 25.7 Å². The van der Waals surface area contributed by atoms with Gasteiger partial charge in [-0.2, -0.15) is 4.98 Å². The first-order chi connectivity index (χ1) is 12.3. The van der Waals surface area contributed by atoms with Crippen LogP contribution in [-0.4, -0.2) is 25.6 Å². The Bertz CT molecular complexity index is 1040. The lowest BCUT2D eigenvalue weighted by Crippen LogP contribution is -2.15. The molecular weight excluding hydrogens is 314 g/mol. The molecule has 0 amide bonds. The molecule has 0 radical (unpaired) electrons. The van der Waals surface area contributed by atoms with Crippen LogP contribution in [0.15, 0.2) is 41.1 Å². The van der Waals surface area contributed by atoms with Gasteiger partial charge in [-0.05, 0) is 25.0 Å². The number of aromatic nitrogens is 4. The highest BCUT2D eigenvalue weighted by atomic mass is 16.4. The minimum atomic E-state index is 0.465. The van der Waals surface area contributed by atoms with E-state index in [9.17, 15) is 0 Å². The molecule has 6 heteroatoms. The molecule has 0 saturated heterocycles. The Morgan fingerprint density at radius 3 is 2.68 bits per heavy atom. The average molecular weight is 333 g/mol. The number of benzene rings is 1. The molecule has 0 spiro atoms. The Balaban J connectivity index is 1.70. The number of nitrogens with one attached hydrogen (secondary N) is 1. The van der Waals surface area contributed by atoms with Crippen LogP contribution in [0.4, 0.5) is 5.82 Å². The summed E-state index contributed by atoms with van der Waals surface area (Å²) in [6, 6.07) is 10.4. The molecule has 1 aliphatic rings. The van der Waals surface area contributed by atoms with Gasteiger partial charge in [0.1, 0.15) is 11.0 Å². The second-order valence-corrected chi connectivity index (χ2v) is 6.68. The van der Waals surface area contributed by atoms with Crippen LogP contribution in [0, 0.1) is 0 Å². The maximum Gasteiger partial charge on any atom is 0.251 e. The van der Waals surface area contributed by atoms with Crippen LogP contribution >= 0.6 is 0 Å². The van der Waals surface area contributed by atoms with Gasteiger partial charge in [0, 0.05) is 18.7 Å². The highest BCUT2D eigenvalue weighted by molar-refractivity contribution is 6.03. The molecule has 3 aromatic heterocycles. The van der Waals surface area contributed by atoms with Crippen molar-refractivity contribution in [2.24, 2.45) is 7.05 Å². The first-order valence-electron chi connectivity index (χ1n) is 8.73. The molecule has 25 heavy (non-hydrogen) atoms. The fraction of sp³-hybridized carbons (Fsp3) is 0.316. The van der Waals surface area contributed by atoms with Crippen LogP contribution in [0.1, 0.15) is 25.7 Å². The van der Waals surface area contributed by atoms with Crippen molar-refractivity contribution in [3.8, 4) is 11.5 Å². The van der Waals surface area contributed by atoms with Gasteiger partial charge in [0.25, 0.3) is 5.71 Å². The molecule has 0 bridgehead atoms. The van der Waals surface area contributed by atoms with Crippen molar-refractivity contribution in [1.82, 2.24) is 19.5 Å². The topological polar surface area (TPSA) is 68.8 Å². The lowest BCUT2D eigenvalue weighted by molar-refractivity contribution is 0.608. The number of pyridine rings is 1. The Kier molecular flexibility index (Phi) is 3.23. The van der Waals surface area contributed by atoms with Crippen molar-refractivity contribution in [2.45, 2.75) is 31.7 Å². The van der Waals surface area contributed by atoms with Crippen LogP contribution in [0.25, 0.3) is 33.7 Å². The van der Waals surface area contributed by atoms with Crippen LogP contribution in [-0.2, 0) is 7.05 Å². The van der Waals surface area contributed by atoms with Crippen molar-refractivity contribution in [3.05, 3.63) is 36.7 Å². The van der Waals surface area contributed by atoms with Gasteiger partial charge < -0.3 is 14.3 Å². The summed E-state index contributed by atoms with van der Waals surface area (Å²) in [6.07, 6.45) is 6.71. The van der Waals surface area contributed by atoms with Crippen molar-refractivity contribution < 1.29 is 4.42 Å². The Hall–Kier alpha value is -2.89. The summed E-state index contributed by atoms with van der Waals surface area (Å²) in [7, 11) is 1.98. The smallest absolute Gasteiger partial charge is 0.251 e. The van der Waals surface area contributed by atoms with E-state index < -0.39 is 0 Å². The summed E-state index contributed by atoms with van der Waals surface area (Å²) in [5.41, 5.74) is 4.06. The molecule has 5 rings (SSSR count). The molecule has 1 saturated carbocycles. The third-order valence-corrected chi connectivity index (χ3v) is 4.93. The summed E-state index contributed by atoms with van der Waals surface area (Å²) in [4.78, 5) is 14.0. The van der Waals surface area contributed by atoms with Gasteiger partial charge in [0.05, 0.1) is 6.33 Å². The van der Waals surface area contributed by atoms with Gasteiger partial charge in [-0.25, -0.2) is 9.97 Å². The third-order valence-electron chi connectivity index (χ3n) is 4.93. The maximum atomic E-state index is 5.99. The van der Waals surface area contributed by atoms with Crippen molar-refractivity contribution in [3.63, 3.8) is 0 Å². The number of rotatable bonds is 3. The number of imidazole rings is 1. The second-order valence-electron chi connectivity index (χ2n) is 6.68. The third kappa shape index (κ3) is 2.36. The molecule has 0 atom stereocenters. The van der Waals surface area contributed by atoms with Gasteiger partial charge in [-0.15, -0.1) is 0 Å². The zero-order chi connectivity index (χ0) is 16.8. The Morgan fingerprint density at radius 2 is 1.88 bits per heavy atom. The predicted octanol–water partition coefficient (Wildman–Crippen LogP) is 4.13. The van der Waals surface area contributed by atoms with Crippen LogP contribution in [0.5, 0.6) is 0 Å².